The molecule has 0 fully saturated rings. The van der Waals surface area contributed by atoms with E-state index in [1.54, 1.807) is 18.2 Å². The summed E-state index contributed by atoms with van der Waals surface area (Å²) >= 11 is 0. The number of anilines is 2. The van der Waals surface area contributed by atoms with Crippen molar-refractivity contribution in [2.75, 3.05) is 36.9 Å². The summed E-state index contributed by atoms with van der Waals surface area (Å²) in [6.45, 7) is 0.791. The molecule has 21 heavy (non-hydrogen) atoms. The molecule has 4 nitrogen and oxygen atoms in total. The fourth-order valence-electron chi connectivity index (χ4n) is 2.26. The van der Waals surface area contributed by atoms with Gasteiger partial charge in [0.15, 0.2) is 0 Å². The number of rotatable bonds is 6. The van der Waals surface area contributed by atoms with Crippen LogP contribution < -0.4 is 10.6 Å². The number of halogens is 1. The molecule has 0 spiro atoms. The molecule has 0 saturated carbocycles. The Bertz CT molecular complexity index is 599. The van der Waals surface area contributed by atoms with E-state index in [0.717, 1.165) is 11.3 Å². The van der Waals surface area contributed by atoms with Crippen molar-refractivity contribution < 1.29 is 14.6 Å². The van der Waals surface area contributed by atoms with Crippen molar-refractivity contribution >= 4 is 11.4 Å². The fourth-order valence-corrected chi connectivity index (χ4v) is 2.26. The lowest BCUT2D eigenvalue weighted by atomic mass is 10.0. The predicted molar refractivity (Wildman–Crippen MR) is 82.6 cm³/mol. The van der Waals surface area contributed by atoms with Crippen molar-refractivity contribution in [1.29, 1.82) is 0 Å². The molecule has 2 rings (SSSR count). The van der Waals surface area contributed by atoms with Crippen molar-refractivity contribution in [3.63, 3.8) is 0 Å². The number of nitrogens with zero attached hydrogens (tertiary/aromatic N) is 1. The summed E-state index contributed by atoms with van der Waals surface area (Å²) < 4.78 is 13.4. The molecule has 0 amide bonds. The van der Waals surface area contributed by atoms with E-state index in [0.29, 0.717) is 24.3 Å². The van der Waals surface area contributed by atoms with Crippen molar-refractivity contribution in [2.45, 2.75) is 0 Å². The van der Waals surface area contributed by atoms with Crippen LogP contribution in [0.15, 0.2) is 42.5 Å². The average Bonchev–Trinajstić information content (AvgIpc) is 2.47. The second kappa shape index (κ2) is 7.06. The van der Waals surface area contributed by atoms with E-state index in [2.05, 4.69) is 0 Å². The summed E-state index contributed by atoms with van der Waals surface area (Å²) in [6.07, 6.45) is 0. The van der Waals surface area contributed by atoms with Crippen LogP contribution in [0.5, 0.6) is 0 Å². The van der Waals surface area contributed by atoms with Gasteiger partial charge in [-0.2, -0.15) is 0 Å². The maximum absolute atomic E-state index is 13.4. The summed E-state index contributed by atoms with van der Waals surface area (Å²) in [5.74, 6) is -0.320. The smallest absolute Gasteiger partial charge is 0.123 e. The first kappa shape index (κ1) is 15.3. The lowest BCUT2D eigenvalue weighted by molar-refractivity contribution is 0.281. The molecule has 0 saturated heterocycles. The van der Waals surface area contributed by atoms with Crippen molar-refractivity contribution in [1.82, 2.24) is 0 Å². The topological polar surface area (TPSA) is 69.7 Å². The number of benzene rings is 2. The third-order valence-corrected chi connectivity index (χ3v) is 3.28. The first-order chi connectivity index (χ1) is 10.2. The van der Waals surface area contributed by atoms with E-state index in [1.165, 1.54) is 12.1 Å². The standard InChI is InChI=1S/C16H19FN2O2/c17-13-3-1-2-12(10-13)15-11-14(4-5-16(15)18)19(6-8-20)7-9-21/h1-5,10-11,20-21H,6-9,18H2. The van der Waals surface area contributed by atoms with Gasteiger partial charge in [-0.15, -0.1) is 0 Å². The maximum atomic E-state index is 13.4. The molecule has 0 aliphatic heterocycles. The van der Waals surface area contributed by atoms with E-state index >= 15 is 0 Å². The van der Waals surface area contributed by atoms with Gasteiger partial charge in [-0.3, -0.25) is 0 Å². The molecule has 2 aromatic rings. The van der Waals surface area contributed by atoms with Gasteiger partial charge in [0.05, 0.1) is 13.2 Å². The number of aliphatic hydroxyl groups excluding tert-OH is 2. The van der Waals surface area contributed by atoms with Crippen LogP contribution in [0.25, 0.3) is 11.1 Å². The van der Waals surface area contributed by atoms with E-state index in [-0.39, 0.29) is 19.0 Å². The van der Waals surface area contributed by atoms with Gasteiger partial charge in [-0.05, 0) is 35.9 Å². The summed E-state index contributed by atoms with van der Waals surface area (Å²) in [6, 6.07) is 11.7. The van der Waals surface area contributed by atoms with Crippen LogP contribution in [0.2, 0.25) is 0 Å². The van der Waals surface area contributed by atoms with Gasteiger partial charge in [0.25, 0.3) is 0 Å². The van der Waals surface area contributed by atoms with Crippen LogP contribution in [0, 0.1) is 5.82 Å². The molecule has 0 atom stereocenters. The molecule has 2 aromatic carbocycles. The lowest BCUT2D eigenvalue weighted by Crippen LogP contribution is -2.29. The van der Waals surface area contributed by atoms with E-state index in [9.17, 15) is 4.39 Å². The van der Waals surface area contributed by atoms with Gasteiger partial charge in [0.2, 0.25) is 0 Å². The fraction of sp³-hybridized carbons (Fsp3) is 0.250. The molecule has 0 aromatic heterocycles. The zero-order valence-corrected chi connectivity index (χ0v) is 11.7. The molecule has 0 unspecified atom stereocenters. The number of nitrogen functional groups attached to an aromatic ring is 1. The minimum Gasteiger partial charge on any atom is -0.398 e. The average molecular weight is 290 g/mol. The second-order valence-electron chi connectivity index (χ2n) is 4.72. The lowest BCUT2D eigenvalue weighted by Gasteiger charge is -2.24. The monoisotopic (exact) mass is 290 g/mol. The van der Waals surface area contributed by atoms with Gasteiger partial charge in [-0.25, -0.2) is 4.39 Å². The predicted octanol–water partition coefficient (Wildman–Crippen LogP) is 1.87. The Morgan fingerprint density at radius 2 is 1.71 bits per heavy atom. The van der Waals surface area contributed by atoms with E-state index < -0.39 is 0 Å². The third-order valence-electron chi connectivity index (χ3n) is 3.28. The zero-order valence-electron chi connectivity index (χ0n) is 11.7. The van der Waals surface area contributed by atoms with Gasteiger partial charge >= 0.3 is 0 Å². The Kier molecular flexibility index (Phi) is 5.14. The Balaban J connectivity index is 2.40. The minimum absolute atomic E-state index is 0.0142. The van der Waals surface area contributed by atoms with E-state index in [4.69, 9.17) is 15.9 Å². The van der Waals surface area contributed by atoms with Crippen LogP contribution in [0.1, 0.15) is 0 Å². The quantitative estimate of drug-likeness (QED) is 0.710. The molecule has 0 bridgehead atoms. The number of hydrogen-bond donors (Lipinski definition) is 3. The third kappa shape index (κ3) is 3.71. The highest BCUT2D eigenvalue weighted by Gasteiger charge is 2.10. The summed E-state index contributed by atoms with van der Waals surface area (Å²) in [7, 11) is 0. The second-order valence-corrected chi connectivity index (χ2v) is 4.72. The van der Waals surface area contributed by atoms with Crippen LogP contribution in [-0.2, 0) is 0 Å². The number of aliphatic hydroxyl groups is 2. The molecule has 0 radical (unpaired) electrons. The number of hydrogen-bond acceptors (Lipinski definition) is 4. The van der Waals surface area contributed by atoms with Crippen molar-refractivity contribution in [3.05, 3.63) is 48.3 Å². The molecule has 0 aliphatic rings. The Morgan fingerprint density at radius 1 is 1.00 bits per heavy atom. The molecular weight excluding hydrogens is 271 g/mol. The molecule has 112 valence electrons. The Labute approximate surface area is 123 Å². The SMILES string of the molecule is Nc1ccc(N(CCO)CCO)cc1-c1cccc(F)c1. The highest BCUT2D eigenvalue weighted by Crippen LogP contribution is 2.30. The molecular formula is C16H19FN2O2. The highest BCUT2D eigenvalue weighted by atomic mass is 19.1. The Morgan fingerprint density at radius 3 is 2.33 bits per heavy atom. The highest BCUT2D eigenvalue weighted by molar-refractivity contribution is 5.79. The number of nitrogens with two attached hydrogens (primary N) is 1. The molecule has 5 heteroatoms. The normalized spacial score (nSPS) is 10.6. The van der Waals surface area contributed by atoms with E-state index in [1.807, 2.05) is 17.0 Å². The zero-order chi connectivity index (χ0) is 15.2. The van der Waals surface area contributed by atoms with Gasteiger partial charge in [0, 0.05) is 30.0 Å². The molecule has 4 N–H and O–H groups in total. The van der Waals surface area contributed by atoms with Gasteiger partial charge in [0.1, 0.15) is 5.82 Å². The van der Waals surface area contributed by atoms with Crippen LogP contribution in [-0.4, -0.2) is 36.5 Å². The maximum Gasteiger partial charge on any atom is 0.123 e. The van der Waals surface area contributed by atoms with Crippen molar-refractivity contribution in [2.24, 2.45) is 0 Å². The van der Waals surface area contributed by atoms with Crippen LogP contribution >= 0.6 is 0 Å². The Hall–Kier alpha value is -2.11. The molecule has 0 aliphatic carbocycles. The van der Waals surface area contributed by atoms with Gasteiger partial charge in [-0.1, -0.05) is 12.1 Å². The van der Waals surface area contributed by atoms with Crippen LogP contribution in [0.3, 0.4) is 0 Å². The first-order valence-corrected chi connectivity index (χ1v) is 6.78. The largest absolute Gasteiger partial charge is 0.398 e. The summed E-state index contributed by atoms with van der Waals surface area (Å²) in [5.41, 5.74) is 8.78. The van der Waals surface area contributed by atoms with Gasteiger partial charge < -0.3 is 20.8 Å². The van der Waals surface area contributed by atoms with Crippen molar-refractivity contribution in [3.8, 4) is 11.1 Å². The summed E-state index contributed by atoms with van der Waals surface area (Å²) in [5, 5.41) is 18.2. The van der Waals surface area contributed by atoms with Crippen LogP contribution in [0.4, 0.5) is 15.8 Å². The minimum atomic E-state index is -0.320. The molecule has 0 heterocycles. The summed E-state index contributed by atoms with van der Waals surface area (Å²) in [4.78, 5) is 1.85. The first-order valence-electron chi connectivity index (χ1n) is 6.78.